The van der Waals surface area contributed by atoms with Crippen LogP contribution in [0.4, 0.5) is 10.5 Å². The first-order valence-corrected chi connectivity index (χ1v) is 7.99. The molecular weight excluding hydrogens is 307 g/mol. The molecule has 0 saturated carbocycles. The highest BCUT2D eigenvalue weighted by Gasteiger charge is 2.22. The van der Waals surface area contributed by atoms with Gasteiger partial charge in [0.15, 0.2) is 0 Å². The number of halogens is 2. The summed E-state index contributed by atoms with van der Waals surface area (Å²) >= 11 is 11.9. The molecule has 0 radical (unpaired) electrons. The van der Waals surface area contributed by atoms with Crippen molar-refractivity contribution in [1.29, 1.82) is 0 Å². The lowest BCUT2D eigenvalue weighted by atomic mass is 10.0. The number of nitrogens with one attached hydrogen (secondary N) is 1. The molecule has 5 heteroatoms. The van der Waals surface area contributed by atoms with E-state index >= 15 is 0 Å². The Labute approximate surface area is 135 Å². The first-order valence-electron chi connectivity index (χ1n) is 7.23. The first kappa shape index (κ1) is 16.2. The number of hydrogen-bond acceptors (Lipinski definition) is 1. The van der Waals surface area contributed by atoms with Gasteiger partial charge < -0.3 is 5.32 Å². The van der Waals surface area contributed by atoms with E-state index in [4.69, 9.17) is 23.2 Å². The fraction of sp³-hybridized carbons (Fsp3) is 0.438. The lowest BCUT2D eigenvalue weighted by Crippen LogP contribution is -2.39. The smallest absolute Gasteiger partial charge is 0.307 e. The molecule has 1 aromatic carbocycles. The van der Waals surface area contributed by atoms with Crippen LogP contribution in [0.15, 0.2) is 30.0 Å². The second kappa shape index (κ2) is 7.19. The first-order chi connectivity index (χ1) is 9.99. The Bertz CT molecular complexity index is 555. The normalized spacial score (nSPS) is 14.8. The Morgan fingerprint density at radius 1 is 1.24 bits per heavy atom. The largest absolute Gasteiger partial charge is 0.326 e. The maximum atomic E-state index is 12.5. The Morgan fingerprint density at radius 3 is 2.57 bits per heavy atom. The van der Waals surface area contributed by atoms with Gasteiger partial charge in [0, 0.05) is 17.4 Å². The van der Waals surface area contributed by atoms with E-state index in [0.717, 1.165) is 25.0 Å². The molecule has 0 atom stereocenters. The number of allylic oxidation sites excluding steroid dienone is 2. The quantitative estimate of drug-likeness (QED) is 0.759. The van der Waals surface area contributed by atoms with Gasteiger partial charge in [0.2, 0.25) is 0 Å². The average molecular weight is 327 g/mol. The molecule has 0 aromatic heterocycles. The third-order valence-electron chi connectivity index (χ3n) is 3.48. The van der Waals surface area contributed by atoms with Gasteiger partial charge in [0.05, 0.1) is 10.0 Å². The van der Waals surface area contributed by atoms with E-state index in [2.05, 4.69) is 11.4 Å². The van der Waals surface area contributed by atoms with Crippen molar-refractivity contribution in [3.8, 4) is 0 Å². The summed E-state index contributed by atoms with van der Waals surface area (Å²) < 4.78 is 0. The molecule has 0 aliphatic heterocycles. The molecule has 114 valence electrons. The molecule has 0 saturated heterocycles. The van der Waals surface area contributed by atoms with Crippen molar-refractivity contribution >= 4 is 34.9 Å². The third kappa shape index (κ3) is 4.14. The van der Waals surface area contributed by atoms with Crippen molar-refractivity contribution in [2.75, 3.05) is 5.32 Å². The van der Waals surface area contributed by atoms with E-state index in [1.54, 1.807) is 18.2 Å². The van der Waals surface area contributed by atoms with Crippen LogP contribution < -0.4 is 5.32 Å². The summed E-state index contributed by atoms with van der Waals surface area (Å²) in [5.74, 6) is 0. The maximum Gasteiger partial charge on any atom is 0.326 e. The van der Waals surface area contributed by atoms with E-state index in [9.17, 15) is 4.79 Å². The van der Waals surface area contributed by atoms with Gasteiger partial charge in [-0.25, -0.2) is 4.79 Å². The van der Waals surface area contributed by atoms with Crippen LogP contribution in [0.25, 0.3) is 0 Å². The molecule has 0 spiro atoms. The lowest BCUT2D eigenvalue weighted by Gasteiger charge is -2.31. The van der Waals surface area contributed by atoms with Crippen molar-refractivity contribution in [1.82, 2.24) is 4.90 Å². The molecule has 1 aromatic rings. The minimum Gasteiger partial charge on any atom is -0.307 e. The number of benzene rings is 1. The highest BCUT2D eigenvalue weighted by Crippen LogP contribution is 2.27. The van der Waals surface area contributed by atoms with Gasteiger partial charge in [-0.1, -0.05) is 29.3 Å². The van der Waals surface area contributed by atoms with E-state index in [1.807, 2.05) is 18.7 Å². The maximum absolute atomic E-state index is 12.5. The van der Waals surface area contributed by atoms with E-state index < -0.39 is 0 Å². The van der Waals surface area contributed by atoms with Crippen molar-refractivity contribution in [2.24, 2.45) is 0 Å². The van der Waals surface area contributed by atoms with Gasteiger partial charge in [-0.3, -0.25) is 4.90 Å². The van der Waals surface area contributed by atoms with Crippen molar-refractivity contribution in [3.63, 3.8) is 0 Å². The Morgan fingerprint density at radius 2 is 2.00 bits per heavy atom. The van der Waals surface area contributed by atoms with Crippen LogP contribution in [-0.2, 0) is 0 Å². The highest BCUT2D eigenvalue weighted by molar-refractivity contribution is 6.42. The standard InChI is InChI=1S/C16H20Cl2N2O/c1-11(2)20(13-6-4-3-5-7-13)16(21)19-12-8-9-14(17)15(18)10-12/h6,8-11H,3-5,7H2,1-2H3,(H,19,21). The number of anilines is 1. The van der Waals surface area contributed by atoms with E-state index in [0.29, 0.717) is 15.7 Å². The van der Waals surface area contributed by atoms with Crippen LogP contribution in [0.3, 0.4) is 0 Å². The predicted molar refractivity (Wildman–Crippen MR) is 89.0 cm³/mol. The van der Waals surface area contributed by atoms with Crippen LogP contribution in [0.1, 0.15) is 39.5 Å². The number of urea groups is 1. The minimum absolute atomic E-state index is 0.108. The predicted octanol–water partition coefficient (Wildman–Crippen LogP) is 5.69. The molecule has 1 aliphatic carbocycles. The van der Waals surface area contributed by atoms with Gasteiger partial charge in [0.25, 0.3) is 0 Å². The molecular formula is C16H20Cl2N2O. The second-order valence-corrected chi connectivity index (χ2v) is 6.28. The molecule has 1 N–H and O–H groups in total. The zero-order valence-corrected chi connectivity index (χ0v) is 13.8. The summed E-state index contributed by atoms with van der Waals surface area (Å²) in [6, 6.07) is 5.07. The number of nitrogens with zero attached hydrogens (tertiary/aromatic N) is 1. The second-order valence-electron chi connectivity index (χ2n) is 5.46. The van der Waals surface area contributed by atoms with Gasteiger partial charge in [-0.2, -0.15) is 0 Å². The number of rotatable bonds is 3. The number of hydrogen-bond donors (Lipinski definition) is 1. The Kier molecular flexibility index (Phi) is 5.54. The molecule has 2 amide bonds. The minimum atomic E-state index is -0.128. The zero-order valence-electron chi connectivity index (χ0n) is 12.3. The number of carbonyl (C=O) groups excluding carboxylic acids is 1. The summed E-state index contributed by atoms with van der Waals surface area (Å²) in [5, 5.41) is 3.80. The van der Waals surface area contributed by atoms with Crippen molar-refractivity contribution < 1.29 is 4.79 Å². The lowest BCUT2D eigenvalue weighted by molar-refractivity contribution is 0.211. The van der Waals surface area contributed by atoms with Crippen LogP contribution in [0.5, 0.6) is 0 Å². The zero-order chi connectivity index (χ0) is 15.4. The molecule has 2 rings (SSSR count). The monoisotopic (exact) mass is 326 g/mol. The van der Waals surface area contributed by atoms with Gasteiger partial charge in [-0.05, 0) is 57.7 Å². The van der Waals surface area contributed by atoms with Crippen molar-refractivity contribution in [3.05, 3.63) is 40.0 Å². The summed E-state index contributed by atoms with van der Waals surface area (Å²) in [5.41, 5.74) is 1.75. The van der Waals surface area contributed by atoms with Crippen LogP contribution in [0.2, 0.25) is 10.0 Å². The third-order valence-corrected chi connectivity index (χ3v) is 4.22. The Balaban J connectivity index is 2.15. The molecule has 3 nitrogen and oxygen atoms in total. The molecule has 0 unspecified atom stereocenters. The molecule has 0 fully saturated rings. The number of amides is 2. The van der Waals surface area contributed by atoms with Crippen LogP contribution in [-0.4, -0.2) is 17.0 Å². The Hall–Kier alpha value is -1.19. The van der Waals surface area contributed by atoms with Gasteiger partial charge in [0.1, 0.15) is 0 Å². The summed E-state index contributed by atoms with van der Waals surface area (Å²) in [6.45, 7) is 4.04. The SMILES string of the molecule is CC(C)N(C(=O)Nc1ccc(Cl)c(Cl)c1)C1=CCCCC1. The fourth-order valence-electron chi connectivity index (χ4n) is 2.49. The fourth-order valence-corrected chi connectivity index (χ4v) is 2.79. The molecule has 1 aliphatic rings. The van der Waals surface area contributed by atoms with Crippen LogP contribution in [0, 0.1) is 0 Å². The van der Waals surface area contributed by atoms with Crippen molar-refractivity contribution in [2.45, 2.75) is 45.6 Å². The number of carbonyl (C=O) groups is 1. The van der Waals surface area contributed by atoms with Gasteiger partial charge >= 0.3 is 6.03 Å². The summed E-state index contributed by atoms with van der Waals surface area (Å²) in [7, 11) is 0. The van der Waals surface area contributed by atoms with Crippen LogP contribution >= 0.6 is 23.2 Å². The van der Waals surface area contributed by atoms with E-state index in [-0.39, 0.29) is 12.1 Å². The molecule has 0 bridgehead atoms. The molecule has 0 heterocycles. The van der Waals surface area contributed by atoms with Gasteiger partial charge in [-0.15, -0.1) is 0 Å². The molecule has 21 heavy (non-hydrogen) atoms. The summed E-state index contributed by atoms with van der Waals surface area (Å²) in [6.07, 6.45) is 6.49. The van der Waals surface area contributed by atoms with E-state index in [1.165, 1.54) is 6.42 Å². The average Bonchev–Trinajstić information content (AvgIpc) is 2.44. The summed E-state index contributed by atoms with van der Waals surface area (Å²) in [4.78, 5) is 14.4. The topological polar surface area (TPSA) is 32.3 Å². The highest BCUT2D eigenvalue weighted by atomic mass is 35.5.